The van der Waals surface area contributed by atoms with E-state index in [1.165, 1.54) is 106 Å². The molecule has 9 aromatic rings. The summed E-state index contributed by atoms with van der Waals surface area (Å²) in [6.45, 7) is 18.2. The van der Waals surface area contributed by atoms with Gasteiger partial charge < -0.3 is 9.80 Å². The van der Waals surface area contributed by atoms with E-state index in [0.29, 0.717) is 0 Å². The molecule has 13 rings (SSSR count). The van der Waals surface area contributed by atoms with Crippen molar-refractivity contribution >= 4 is 34.0 Å². The van der Waals surface area contributed by atoms with Crippen molar-refractivity contribution in [3.8, 4) is 66.8 Å². The second-order valence-corrected chi connectivity index (χ2v) is 19.8. The highest BCUT2D eigenvalue weighted by Gasteiger charge is 2.39. The van der Waals surface area contributed by atoms with Gasteiger partial charge >= 0.3 is 0 Å². The van der Waals surface area contributed by atoms with Crippen molar-refractivity contribution in [1.82, 2.24) is 0 Å². The SMILES string of the molecule is C=CC1=C(C=C)N(c2ccc3c(c2)C(C)(C)c2cc(-c4ccc5c(c4)C(C)(C)c4cc(N6c7ccccc7-c7ccccc7-c7ccccc76)ccc4-5)ccc2-3)c2ccccc2-c2ccccc21. The molecule has 0 aromatic heterocycles. The first-order valence-electron chi connectivity index (χ1n) is 23.8. The van der Waals surface area contributed by atoms with Gasteiger partial charge in [0.25, 0.3) is 0 Å². The van der Waals surface area contributed by atoms with E-state index in [4.69, 9.17) is 0 Å². The van der Waals surface area contributed by atoms with E-state index >= 15 is 0 Å². The van der Waals surface area contributed by atoms with Gasteiger partial charge in [0.1, 0.15) is 0 Å². The quantitative estimate of drug-likeness (QED) is 0.170. The van der Waals surface area contributed by atoms with Crippen LogP contribution in [0.5, 0.6) is 0 Å². The lowest BCUT2D eigenvalue weighted by Gasteiger charge is -2.30. The first-order chi connectivity index (χ1) is 33.2. The molecule has 0 saturated heterocycles. The molecular weight excluding hydrogens is 821 g/mol. The Labute approximate surface area is 400 Å². The molecule has 0 unspecified atom stereocenters. The molecule has 0 spiro atoms. The molecule has 4 aliphatic rings. The van der Waals surface area contributed by atoms with Crippen LogP contribution in [0.25, 0.3) is 72.3 Å². The maximum Gasteiger partial charge on any atom is 0.0540 e. The maximum absolute atomic E-state index is 4.36. The number of fused-ring (bicyclic) bond motifs is 14. The third-order valence-corrected chi connectivity index (χ3v) is 15.5. The molecule has 0 bridgehead atoms. The van der Waals surface area contributed by atoms with Crippen LogP contribution in [-0.4, -0.2) is 0 Å². The number of benzene rings is 9. The predicted molar refractivity (Wildman–Crippen MR) is 287 cm³/mol. The Kier molecular flexibility index (Phi) is 8.64. The number of hydrogen-bond acceptors (Lipinski definition) is 2. The molecule has 0 fully saturated rings. The first kappa shape index (κ1) is 40.1. The highest BCUT2D eigenvalue weighted by Crippen LogP contribution is 2.56. The Hall–Kier alpha value is -8.20. The molecule has 0 N–H and O–H groups in total. The van der Waals surface area contributed by atoms with Gasteiger partial charge in [0.2, 0.25) is 0 Å². The molecule has 324 valence electrons. The Balaban J connectivity index is 0.868. The van der Waals surface area contributed by atoms with Gasteiger partial charge in [0, 0.05) is 44.5 Å². The molecule has 68 heavy (non-hydrogen) atoms. The van der Waals surface area contributed by atoms with Gasteiger partial charge in [0.05, 0.1) is 22.8 Å². The van der Waals surface area contributed by atoms with Gasteiger partial charge in [-0.2, -0.15) is 0 Å². The molecule has 2 aliphatic heterocycles. The van der Waals surface area contributed by atoms with Crippen molar-refractivity contribution < 1.29 is 0 Å². The van der Waals surface area contributed by atoms with Crippen molar-refractivity contribution in [3.05, 3.63) is 253 Å². The van der Waals surface area contributed by atoms with Crippen LogP contribution in [-0.2, 0) is 10.8 Å². The van der Waals surface area contributed by atoms with Crippen molar-refractivity contribution in [2.24, 2.45) is 0 Å². The van der Waals surface area contributed by atoms with Crippen LogP contribution in [0.2, 0.25) is 0 Å². The van der Waals surface area contributed by atoms with Crippen LogP contribution in [0, 0.1) is 0 Å². The minimum Gasteiger partial charge on any atom is -0.309 e. The number of hydrogen-bond donors (Lipinski definition) is 0. The number of rotatable bonds is 5. The fourth-order valence-electron chi connectivity index (χ4n) is 12.2. The predicted octanol–water partition coefficient (Wildman–Crippen LogP) is 18.0. The molecule has 9 aromatic carbocycles. The average Bonchev–Trinajstić information content (AvgIpc) is 3.61. The van der Waals surface area contributed by atoms with Gasteiger partial charge in [0.15, 0.2) is 0 Å². The highest BCUT2D eigenvalue weighted by molar-refractivity contribution is 6.03. The van der Waals surface area contributed by atoms with Gasteiger partial charge in [-0.15, -0.1) is 0 Å². The normalized spacial score (nSPS) is 15.0. The summed E-state index contributed by atoms with van der Waals surface area (Å²) in [4.78, 5) is 4.85. The maximum atomic E-state index is 4.36. The zero-order valence-corrected chi connectivity index (χ0v) is 38.9. The Morgan fingerprint density at radius 3 is 1.09 bits per heavy atom. The Bertz CT molecular complexity index is 3620. The molecule has 2 heteroatoms. The van der Waals surface area contributed by atoms with Gasteiger partial charge in [-0.1, -0.05) is 186 Å². The van der Waals surface area contributed by atoms with E-state index in [1.807, 2.05) is 12.2 Å². The summed E-state index contributed by atoms with van der Waals surface area (Å²) in [7, 11) is 0. The zero-order valence-electron chi connectivity index (χ0n) is 38.9. The van der Waals surface area contributed by atoms with E-state index < -0.39 is 0 Å². The van der Waals surface area contributed by atoms with Gasteiger partial charge in [-0.05, 0) is 139 Å². The topological polar surface area (TPSA) is 6.48 Å². The summed E-state index contributed by atoms with van der Waals surface area (Å²) < 4.78 is 0. The molecular formula is C66H50N2. The lowest BCUT2D eigenvalue weighted by atomic mass is 9.80. The van der Waals surface area contributed by atoms with E-state index in [9.17, 15) is 0 Å². The fraction of sp³-hybridized carbons (Fsp3) is 0.0909. The number of nitrogens with zero attached hydrogens (tertiary/aromatic N) is 2. The smallest absolute Gasteiger partial charge is 0.0540 e. The molecule has 2 nitrogen and oxygen atoms in total. The summed E-state index contributed by atoms with van der Waals surface area (Å²) in [5, 5.41) is 0. The number of allylic oxidation sites excluding steroid dienone is 3. The monoisotopic (exact) mass is 870 g/mol. The van der Waals surface area contributed by atoms with E-state index in [1.54, 1.807) is 0 Å². The minimum atomic E-state index is -0.237. The summed E-state index contributed by atoms with van der Waals surface area (Å²) >= 11 is 0. The summed E-state index contributed by atoms with van der Waals surface area (Å²) in [5.41, 5.74) is 29.1. The first-order valence-corrected chi connectivity index (χ1v) is 23.8. The van der Waals surface area contributed by atoms with Crippen molar-refractivity contribution in [3.63, 3.8) is 0 Å². The van der Waals surface area contributed by atoms with Crippen LogP contribution in [0.15, 0.2) is 225 Å². The van der Waals surface area contributed by atoms with E-state index in [2.05, 4.69) is 245 Å². The highest BCUT2D eigenvalue weighted by atomic mass is 15.2. The van der Waals surface area contributed by atoms with Gasteiger partial charge in [-0.3, -0.25) is 0 Å². The molecule has 0 radical (unpaired) electrons. The van der Waals surface area contributed by atoms with Crippen LogP contribution in [0.4, 0.5) is 28.4 Å². The largest absolute Gasteiger partial charge is 0.309 e. The lowest BCUT2D eigenvalue weighted by molar-refractivity contribution is 0.659. The van der Waals surface area contributed by atoms with Crippen LogP contribution in [0.1, 0.15) is 55.5 Å². The molecule has 2 heterocycles. The Morgan fingerprint density at radius 2 is 0.662 bits per heavy atom. The second kappa shape index (κ2) is 14.6. The average molecular weight is 871 g/mol. The van der Waals surface area contributed by atoms with Crippen LogP contribution in [0.3, 0.4) is 0 Å². The third kappa shape index (κ3) is 5.58. The summed E-state index contributed by atoms with van der Waals surface area (Å²) in [5.74, 6) is 0. The standard InChI is InChI=1S/C66H50N2/c1-7-45-46-19-9-10-20-47(46)54-23-13-16-26-62(54)67(61(45)8-2)43-31-35-52-50-33-29-41(37-57(50)65(3,4)59(52)39-43)42-30-34-51-53-36-32-44(40-60(53)66(5,6)58(51)38-42)68-63-27-17-14-24-55(63)48-21-11-12-22-49(48)56-25-15-18-28-64(56)68/h7-40H,1-2H2,3-6H3. The fourth-order valence-corrected chi connectivity index (χ4v) is 12.2. The van der Waals surface area contributed by atoms with E-state index in [-0.39, 0.29) is 10.8 Å². The third-order valence-electron chi connectivity index (χ3n) is 15.5. The second-order valence-electron chi connectivity index (χ2n) is 19.8. The molecule has 2 aliphatic carbocycles. The zero-order chi connectivity index (χ0) is 46.1. The van der Waals surface area contributed by atoms with E-state index in [0.717, 1.165) is 28.2 Å². The molecule has 0 amide bonds. The van der Waals surface area contributed by atoms with Crippen molar-refractivity contribution in [1.29, 1.82) is 0 Å². The minimum absolute atomic E-state index is 0.218. The summed E-state index contributed by atoms with van der Waals surface area (Å²) in [6.07, 6.45) is 3.96. The van der Waals surface area contributed by atoms with Crippen molar-refractivity contribution in [2.75, 3.05) is 9.80 Å². The van der Waals surface area contributed by atoms with Gasteiger partial charge in [-0.25, -0.2) is 0 Å². The van der Waals surface area contributed by atoms with Crippen LogP contribution < -0.4 is 9.80 Å². The molecule has 0 saturated carbocycles. The number of anilines is 5. The van der Waals surface area contributed by atoms with Crippen LogP contribution >= 0.6 is 0 Å². The Morgan fingerprint density at radius 1 is 0.324 bits per heavy atom. The molecule has 0 atom stereocenters. The van der Waals surface area contributed by atoms with Crippen molar-refractivity contribution in [2.45, 2.75) is 38.5 Å². The summed E-state index contributed by atoms with van der Waals surface area (Å²) in [6, 6.07) is 72.4. The number of para-hydroxylation sites is 3. The lowest BCUT2D eigenvalue weighted by Crippen LogP contribution is -2.19.